The molecule has 0 spiro atoms. The maximum atomic E-state index is 11.9. The second kappa shape index (κ2) is 7.64. The monoisotopic (exact) mass is 297 g/mol. The number of nitrogens with zero attached hydrogens (tertiary/aromatic N) is 1. The van der Waals surface area contributed by atoms with Crippen molar-refractivity contribution in [3.63, 3.8) is 0 Å². The van der Waals surface area contributed by atoms with Gasteiger partial charge in [0.15, 0.2) is 0 Å². The lowest BCUT2D eigenvalue weighted by molar-refractivity contribution is -0.143. The molecule has 1 aliphatic carbocycles. The number of aliphatic carboxylic acids is 1. The summed E-state index contributed by atoms with van der Waals surface area (Å²) in [6.45, 7) is 2.67. The van der Waals surface area contributed by atoms with Crippen LogP contribution in [0.3, 0.4) is 0 Å². The lowest BCUT2D eigenvalue weighted by atomic mass is 9.82. The zero-order chi connectivity index (χ0) is 15.2. The second-order valence-electron chi connectivity index (χ2n) is 6.51. The first-order valence-corrected chi connectivity index (χ1v) is 8.00. The van der Waals surface area contributed by atoms with E-state index in [4.69, 9.17) is 5.11 Å². The molecular weight excluding hydrogens is 270 g/mol. The van der Waals surface area contributed by atoms with Crippen molar-refractivity contribution in [3.8, 4) is 0 Å². The summed E-state index contributed by atoms with van der Waals surface area (Å²) in [6.07, 6.45) is 5.42. The molecule has 2 aliphatic rings. The number of carboxylic acids is 1. The SMILES string of the molecule is CN1CCCC(NC(=O)NCC2CCC(C(=O)O)CC2)C1. The molecule has 1 unspecified atom stereocenters. The summed E-state index contributed by atoms with van der Waals surface area (Å²) in [7, 11) is 2.08. The van der Waals surface area contributed by atoms with Crippen LogP contribution in [0, 0.1) is 11.8 Å². The summed E-state index contributed by atoms with van der Waals surface area (Å²) >= 11 is 0. The summed E-state index contributed by atoms with van der Waals surface area (Å²) in [4.78, 5) is 25.0. The largest absolute Gasteiger partial charge is 0.481 e. The third kappa shape index (κ3) is 5.19. The molecule has 0 aromatic rings. The molecule has 0 aromatic heterocycles. The Morgan fingerprint density at radius 3 is 2.52 bits per heavy atom. The maximum Gasteiger partial charge on any atom is 0.315 e. The lowest BCUT2D eigenvalue weighted by Crippen LogP contribution is -2.50. The van der Waals surface area contributed by atoms with Gasteiger partial charge in [-0.3, -0.25) is 4.79 Å². The van der Waals surface area contributed by atoms with Gasteiger partial charge in [-0.1, -0.05) is 0 Å². The van der Waals surface area contributed by atoms with Crippen LogP contribution >= 0.6 is 0 Å². The highest BCUT2D eigenvalue weighted by atomic mass is 16.4. The van der Waals surface area contributed by atoms with Gasteiger partial charge in [0.25, 0.3) is 0 Å². The van der Waals surface area contributed by atoms with Crippen LogP contribution in [-0.4, -0.2) is 54.7 Å². The van der Waals surface area contributed by atoms with Crippen LogP contribution in [-0.2, 0) is 4.79 Å². The number of urea groups is 1. The molecule has 3 N–H and O–H groups in total. The Bertz CT molecular complexity index is 367. The van der Waals surface area contributed by atoms with E-state index in [0.717, 1.165) is 51.6 Å². The fourth-order valence-corrected chi connectivity index (χ4v) is 3.37. The first-order chi connectivity index (χ1) is 10.0. The van der Waals surface area contributed by atoms with Gasteiger partial charge in [-0.05, 0) is 58.0 Å². The molecule has 0 radical (unpaired) electrons. The number of carboxylic acid groups (broad SMARTS) is 1. The number of likely N-dealkylation sites (N-methyl/N-ethyl adjacent to an activating group) is 1. The first-order valence-electron chi connectivity index (χ1n) is 8.00. The van der Waals surface area contributed by atoms with Gasteiger partial charge in [-0.2, -0.15) is 0 Å². The van der Waals surface area contributed by atoms with Gasteiger partial charge in [0.1, 0.15) is 0 Å². The summed E-state index contributed by atoms with van der Waals surface area (Å²) in [5, 5.41) is 14.9. The highest BCUT2D eigenvalue weighted by Gasteiger charge is 2.26. The molecule has 2 fully saturated rings. The van der Waals surface area contributed by atoms with Crippen LogP contribution in [0.15, 0.2) is 0 Å². The van der Waals surface area contributed by atoms with Crippen LogP contribution in [0.5, 0.6) is 0 Å². The van der Waals surface area contributed by atoms with Crippen molar-refractivity contribution in [3.05, 3.63) is 0 Å². The number of carbonyl (C=O) groups excluding carboxylic acids is 1. The predicted octanol–water partition coefficient (Wildman–Crippen LogP) is 1.27. The van der Waals surface area contributed by atoms with Gasteiger partial charge in [-0.15, -0.1) is 0 Å². The minimum atomic E-state index is -0.680. The summed E-state index contributed by atoms with van der Waals surface area (Å²) in [5.74, 6) is -0.450. The van der Waals surface area contributed by atoms with Crippen LogP contribution in [0.2, 0.25) is 0 Å². The highest BCUT2D eigenvalue weighted by molar-refractivity contribution is 5.74. The molecular formula is C15H27N3O3. The Balaban J connectivity index is 1.62. The average Bonchev–Trinajstić information content (AvgIpc) is 2.45. The minimum absolute atomic E-state index is 0.0874. The van der Waals surface area contributed by atoms with Crippen LogP contribution in [0.4, 0.5) is 4.79 Å². The van der Waals surface area contributed by atoms with E-state index in [1.165, 1.54) is 0 Å². The van der Waals surface area contributed by atoms with E-state index < -0.39 is 5.97 Å². The van der Waals surface area contributed by atoms with Crippen molar-refractivity contribution < 1.29 is 14.7 Å². The fourth-order valence-electron chi connectivity index (χ4n) is 3.37. The quantitative estimate of drug-likeness (QED) is 0.730. The van der Waals surface area contributed by atoms with Crippen molar-refractivity contribution in [2.24, 2.45) is 11.8 Å². The third-order valence-corrected chi connectivity index (χ3v) is 4.71. The summed E-state index contributed by atoms with van der Waals surface area (Å²) in [5.41, 5.74) is 0. The van der Waals surface area contributed by atoms with Crippen LogP contribution in [0.1, 0.15) is 38.5 Å². The number of hydrogen-bond acceptors (Lipinski definition) is 3. The predicted molar refractivity (Wildman–Crippen MR) is 80.1 cm³/mol. The van der Waals surface area contributed by atoms with Crippen molar-refractivity contribution in [2.75, 3.05) is 26.7 Å². The number of likely N-dealkylation sites (tertiary alicyclic amines) is 1. The van der Waals surface area contributed by atoms with Gasteiger partial charge >= 0.3 is 12.0 Å². The molecule has 1 saturated carbocycles. The van der Waals surface area contributed by atoms with Crippen LogP contribution < -0.4 is 10.6 Å². The first kappa shape index (κ1) is 16.1. The molecule has 1 saturated heterocycles. The standard InChI is InChI=1S/C15H27N3O3/c1-18-8-2-3-13(10-18)17-15(21)16-9-11-4-6-12(7-5-11)14(19)20/h11-13H,2-10H2,1H3,(H,19,20)(H2,16,17,21). The number of hydrogen-bond donors (Lipinski definition) is 3. The molecule has 6 nitrogen and oxygen atoms in total. The van der Waals surface area contributed by atoms with Crippen molar-refractivity contribution >= 4 is 12.0 Å². The fraction of sp³-hybridized carbons (Fsp3) is 0.867. The number of amides is 2. The second-order valence-corrected chi connectivity index (χ2v) is 6.51. The van der Waals surface area contributed by atoms with Gasteiger partial charge in [-0.25, -0.2) is 4.79 Å². The third-order valence-electron chi connectivity index (χ3n) is 4.71. The molecule has 0 bridgehead atoms. The van der Waals surface area contributed by atoms with E-state index in [9.17, 15) is 9.59 Å². The molecule has 120 valence electrons. The Hall–Kier alpha value is -1.30. The Labute approximate surface area is 126 Å². The normalized spacial score (nSPS) is 30.6. The van der Waals surface area contributed by atoms with E-state index in [0.29, 0.717) is 12.5 Å². The molecule has 1 aliphatic heterocycles. The molecule has 21 heavy (non-hydrogen) atoms. The van der Waals surface area contributed by atoms with Gasteiger partial charge in [0, 0.05) is 19.1 Å². The van der Waals surface area contributed by atoms with E-state index in [2.05, 4.69) is 22.6 Å². The Morgan fingerprint density at radius 2 is 1.90 bits per heavy atom. The number of piperidine rings is 1. The van der Waals surface area contributed by atoms with Crippen molar-refractivity contribution in [1.82, 2.24) is 15.5 Å². The molecule has 0 aromatic carbocycles. The number of nitrogens with one attached hydrogen (secondary N) is 2. The molecule has 2 amide bonds. The molecule has 2 rings (SSSR count). The van der Waals surface area contributed by atoms with Crippen molar-refractivity contribution in [1.29, 1.82) is 0 Å². The average molecular weight is 297 g/mol. The maximum absolute atomic E-state index is 11.9. The van der Waals surface area contributed by atoms with Crippen LogP contribution in [0.25, 0.3) is 0 Å². The highest BCUT2D eigenvalue weighted by Crippen LogP contribution is 2.28. The zero-order valence-corrected chi connectivity index (χ0v) is 12.8. The lowest BCUT2D eigenvalue weighted by Gasteiger charge is -2.30. The van der Waals surface area contributed by atoms with E-state index in [-0.39, 0.29) is 18.0 Å². The van der Waals surface area contributed by atoms with Gasteiger partial charge < -0.3 is 20.6 Å². The van der Waals surface area contributed by atoms with E-state index >= 15 is 0 Å². The van der Waals surface area contributed by atoms with Gasteiger partial charge in [0.2, 0.25) is 0 Å². The molecule has 1 atom stereocenters. The minimum Gasteiger partial charge on any atom is -0.481 e. The zero-order valence-electron chi connectivity index (χ0n) is 12.8. The number of carbonyl (C=O) groups is 2. The Morgan fingerprint density at radius 1 is 1.19 bits per heavy atom. The van der Waals surface area contributed by atoms with E-state index in [1.807, 2.05) is 0 Å². The smallest absolute Gasteiger partial charge is 0.315 e. The Kier molecular flexibility index (Phi) is 5.85. The topological polar surface area (TPSA) is 81.7 Å². The summed E-state index contributed by atoms with van der Waals surface area (Å²) < 4.78 is 0. The van der Waals surface area contributed by atoms with E-state index in [1.54, 1.807) is 0 Å². The number of rotatable bonds is 4. The summed E-state index contributed by atoms with van der Waals surface area (Å²) in [6, 6.07) is 0.155. The van der Waals surface area contributed by atoms with Gasteiger partial charge in [0.05, 0.1) is 5.92 Å². The molecule has 1 heterocycles. The van der Waals surface area contributed by atoms with Crippen molar-refractivity contribution in [2.45, 2.75) is 44.6 Å². The molecule has 6 heteroatoms.